The van der Waals surface area contributed by atoms with Crippen LogP contribution in [0.4, 0.5) is 14.5 Å². The molecule has 98 valence electrons. The van der Waals surface area contributed by atoms with E-state index in [0.717, 1.165) is 11.0 Å². The predicted octanol–water partition coefficient (Wildman–Crippen LogP) is 3.08. The zero-order valence-corrected chi connectivity index (χ0v) is 10.6. The predicted molar refractivity (Wildman–Crippen MR) is 67.0 cm³/mol. The van der Waals surface area contributed by atoms with E-state index >= 15 is 0 Å². The van der Waals surface area contributed by atoms with Crippen molar-refractivity contribution in [3.8, 4) is 0 Å². The van der Waals surface area contributed by atoms with Gasteiger partial charge in [0, 0.05) is 11.4 Å². The second-order valence-corrected chi connectivity index (χ2v) is 4.59. The lowest BCUT2D eigenvalue weighted by Crippen LogP contribution is -2.23. The smallest absolute Gasteiger partial charge is 0.258 e. The van der Waals surface area contributed by atoms with Gasteiger partial charge in [-0.25, -0.2) is 18.4 Å². The van der Waals surface area contributed by atoms with E-state index in [0.29, 0.717) is 5.69 Å². The van der Waals surface area contributed by atoms with Crippen molar-refractivity contribution in [1.82, 2.24) is 14.8 Å². The molecule has 18 heavy (non-hydrogen) atoms. The lowest BCUT2D eigenvalue weighted by molar-refractivity contribution is 0.130. The fourth-order valence-corrected chi connectivity index (χ4v) is 1.72. The fraction of sp³-hybridized carbons (Fsp3) is 0.500. The van der Waals surface area contributed by atoms with Crippen molar-refractivity contribution < 1.29 is 8.78 Å². The molecule has 0 aliphatic carbocycles. The molecule has 2 aromatic rings. The zero-order chi connectivity index (χ0) is 13.3. The Hall–Kier alpha value is -1.72. The molecule has 0 aliphatic heterocycles. The Balaban J connectivity index is 2.29. The molecule has 0 aromatic carbocycles. The SMILES string of the molecule is CC(Nc1cnc2c(cnn2C(C)C)c1)C(F)F. The van der Waals surface area contributed by atoms with Crippen LogP contribution >= 0.6 is 0 Å². The molecule has 0 radical (unpaired) electrons. The van der Waals surface area contributed by atoms with E-state index in [2.05, 4.69) is 15.4 Å². The molecule has 0 fully saturated rings. The number of nitrogens with zero attached hydrogens (tertiary/aromatic N) is 3. The molecule has 1 N–H and O–H groups in total. The van der Waals surface area contributed by atoms with Crippen molar-refractivity contribution in [3.05, 3.63) is 18.5 Å². The van der Waals surface area contributed by atoms with Gasteiger partial charge in [-0.2, -0.15) is 5.10 Å². The Morgan fingerprint density at radius 1 is 1.22 bits per heavy atom. The van der Waals surface area contributed by atoms with Crippen LogP contribution in [0.2, 0.25) is 0 Å². The topological polar surface area (TPSA) is 42.7 Å². The number of hydrogen-bond acceptors (Lipinski definition) is 3. The minimum absolute atomic E-state index is 0.216. The zero-order valence-electron chi connectivity index (χ0n) is 10.6. The summed E-state index contributed by atoms with van der Waals surface area (Å²) in [6.45, 7) is 5.46. The Kier molecular flexibility index (Phi) is 3.45. The standard InChI is InChI=1S/C12H16F2N4/c1-7(2)18-12-9(5-16-18)4-10(6-15-12)17-8(3)11(13)14/h4-8,11,17H,1-3H3. The molecular formula is C12H16F2N4. The van der Waals surface area contributed by atoms with Crippen LogP contribution in [0.15, 0.2) is 18.5 Å². The highest BCUT2D eigenvalue weighted by molar-refractivity contribution is 5.78. The molecule has 0 amide bonds. The van der Waals surface area contributed by atoms with Crippen molar-refractivity contribution in [1.29, 1.82) is 0 Å². The van der Waals surface area contributed by atoms with E-state index in [1.54, 1.807) is 23.1 Å². The van der Waals surface area contributed by atoms with E-state index in [9.17, 15) is 8.78 Å². The molecule has 2 aromatic heterocycles. The molecule has 0 spiro atoms. The van der Waals surface area contributed by atoms with Crippen LogP contribution < -0.4 is 5.32 Å². The molecular weight excluding hydrogens is 238 g/mol. The lowest BCUT2D eigenvalue weighted by Gasteiger charge is -2.13. The summed E-state index contributed by atoms with van der Waals surface area (Å²) in [6, 6.07) is 1.10. The Morgan fingerprint density at radius 2 is 1.94 bits per heavy atom. The highest BCUT2D eigenvalue weighted by atomic mass is 19.3. The molecule has 0 saturated heterocycles. The monoisotopic (exact) mass is 254 g/mol. The van der Waals surface area contributed by atoms with Crippen LogP contribution in [0.25, 0.3) is 11.0 Å². The van der Waals surface area contributed by atoms with Gasteiger partial charge in [0.25, 0.3) is 6.43 Å². The summed E-state index contributed by atoms with van der Waals surface area (Å²) in [6.07, 6.45) is 0.849. The van der Waals surface area contributed by atoms with E-state index in [1.807, 2.05) is 13.8 Å². The van der Waals surface area contributed by atoms with Crippen molar-refractivity contribution in [3.63, 3.8) is 0 Å². The van der Waals surface area contributed by atoms with E-state index in [1.165, 1.54) is 6.92 Å². The summed E-state index contributed by atoms with van der Waals surface area (Å²) in [5.41, 5.74) is 1.35. The molecule has 1 unspecified atom stereocenters. The highest BCUT2D eigenvalue weighted by Gasteiger charge is 2.15. The van der Waals surface area contributed by atoms with Crippen molar-refractivity contribution in [2.45, 2.75) is 39.3 Å². The van der Waals surface area contributed by atoms with Crippen LogP contribution in [0, 0.1) is 0 Å². The van der Waals surface area contributed by atoms with Crippen LogP contribution in [0.3, 0.4) is 0 Å². The first-order chi connectivity index (χ1) is 8.49. The number of nitrogens with one attached hydrogen (secondary N) is 1. The van der Waals surface area contributed by atoms with E-state index < -0.39 is 12.5 Å². The number of hydrogen-bond donors (Lipinski definition) is 1. The van der Waals surface area contributed by atoms with Crippen molar-refractivity contribution >= 4 is 16.7 Å². The first kappa shape index (κ1) is 12.7. The minimum atomic E-state index is -2.40. The van der Waals surface area contributed by atoms with Gasteiger partial charge in [-0.1, -0.05) is 0 Å². The van der Waals surface area contributed by atoms with Gasteiger partial charge in [0.2, 0.25) is 0 Å². The van der Waals surface area contributed by atoms with Gasteiger partial charge in [0.05, 0.1) is 24.1 Å². The summed E-state index contributed by atoms with van der Waals surface area (Å²) < 4.78 is 26.7. The molecule has 6 heteroatoms. The van der Waals surface area contributed by atoms with Crippen molar-refractivity contribution in [2.24, 2.45) is 0 Å². The third-order valence-corrected chi connectivity index (χ3v) is 2.69. The number of pyridine rings is 1. The number of anilines is 1. The van der Waals surface area contributed by atoms with E-state index in [4.69, 9.17) is 0 Å². The molecule has 1 atom stereocenters. The van der Waals surface area contributed by atoms with Crippen LogP contribution in [-0.2, 0) is 0 Å². The van der Waals surface area contributed by atoms with Gasteiger partial charge in [-0.3, -0.25) is 0 Å². The van der Waals surface area contributed by atoms with Gasteiger partial charge in [-0.15, -0.1) is 0 Å². The summed E-state index contributed by atoms with van der Waals surface area (Å²) in [7, 11) is 0. The maximum Gasteiger partial charge on any atom is 0.258 e. The van der Waals surface area contributed by atoms with Gasteiger partial charge in [0.15, 0.2) is 5.65 Å². The summed E-state index contributed by atoms with van der Waals surface area (Å²) >= 11 is 0. The average molecular weight is 254 g/mol. The number of halogens is 2. The van der Waals surface area contributed by atoms with Gasteiger partial charge < -0.3 is 5.32 Å². The van der Waals surface area contributed by atoms with Gasteiger partial charge in [-0.05, 0) is 26.8 Å². The highest BCUT2D eigenvalue weighted by Crippen LogP contribution is 2.20. The second-order valence-electron chi connectivity index (χ2n) is 4.59. The summed E-state index contributed by atoms with van der Waals surface area (Å²) in [5, 5.41) is 7.79. The first-order valence-electron chi connectivity index (χ1n) is 5.87. The molecule has 2 heterocycles. The van der Waals surface area contributed by atoms with Gasteiger partial charge in [0.1, 0.15) is 0 Å². The average Bonchev–Trinajstić information content (AvgIpc) is 2.71. The Bertz CT molecular complexity index is 536. The van der Waals surface area contributed by atoms with Crippen LogP contribution in [-0.4, -0.2) is 27.2 Å². The van der Waals surface area contributed by atoms with E-state index in [-0.39, 0.29) is 6.04 Å². The molecule has 4 nitrogen and oxygen atoms in total. The number of fused-ring (bicyclic) bond motifs is 1. The Labute approximate surface area is 104 Å². The summed E-state index contributed by atoms with van der Waals surface area (Å²) in [5.74, 6) is 0. The number of alkyl halides is 2. The normalized spacial score (nSPS) is 13.5. The molecule has 0 bridgehead atoms. The van der Waals surface area contributed by atoms with Crippen molar-refractivity contribution in [2.75, 3.05) is 5.32 Å². The third-order valence-electron chi connectivity index (χ3n) is 2.69. The molecule has 0 saturated carbocycles. The fourth-order valence-electron chi connectivity index (χ4n) is 1.72. The first-order valence-corrected chi connectivity index (χ1v) is 5.87. The number of aromatic nitrogens is 3. The number of rotatable bonds is 4. The quantitative estimate of drug-likeness (QED) is 0.911. The Morgan fingerprint density at radius 3 is 2.56 bits per heavy atom. The van der Waals surface area contributed by atoms with Crippen LogP contribution in [0.1, 0.15) is 26.8 Å². The molecule has 2 rings (SSSR count). The third kappa shape index (κ3) is 2.42. The summed E-state index contributed by atoms with van der Waals surface area (Å²) in [4.78, 5) is 4.27. The largest absolute Gasteiger partial charge is 0.376 e. The second kappa shape index (κ2) is 4.88. The lowest BCUT2D eigenvalue weighted by atomic mass is 10.3. The van der Waals surface area contributed by atoms with Gasteiger partial charge >= 0.3 is 0 Å². The minimum Gasteiger partial charge on any atom is -0.376 e. The molecule has 0 aliphatic rings. The van der Waals surface area contributed by atoms with Crippen LogP contribution in [0.5, 0.6) is 0 Å². The maximum atomic E-state index is 12.4. The maximum absolute atomic E-state index is 12.4.